The van der Waals surface area contributed by atoms with Crippen LogP contribution in [0.2, 0.25) is 0 Å². The van der Waals surface area contributed by atoms with E-state index in [0.29, 0.717) is 13.1 Å². The van der Waals surface area contributed by atoms with Crippen molar-refractivity contribution >= 4 is 16.0 Å². The highest BCUT2D eigenvalue weighted by Crippen LogP contribution is 2.19. The molecule has 6 nitrogen and oxygen atoms in total. The van der Waals surface area contributed by atoms with Gasteiger partial charge in [0.05, 0.1) is 12.4 Å². The highest BCUT2D eigenvalue weighted by molar-refractivity contribution is 7.89. The van der Waals surface area contributed by atoms with Crippen LogP contribution in [0.1, 0.15) is 19.3 Å². The highest BCUT2D eigenvalue weighted by Gasteiger charge is 2.26. The minimum absolute atomic E-state index is 0.0811. The third kappa shape index (κ3) is 2.14. The zero-order valence-corrected chi connectivity index (χ0v) is 9.65. The Bertz CT molecular complexity index is 451. The smallest absolute Gasteiger partial charge is 0.246 e. The molecule has 0 spiro atoms. The summed E-state index contributed by atoms with van der Waals surface area (Å²) in [6, 6.07) is 0. The summed E-state index contributed by atoms with van der Waals surface area (Å²) in [4.78, 5) is 7.52. The van der Waals surface area contributed by atoms with Crippen LogP contribution in [0, 0.1) is 0 Å². The van der Waals surface area contributed by atoms with Gasteiger partial charge in [0.2, 0.25) is 16.0 Å². The molecular formula is C9H14N4O2S. The van der Waals surface area contributed by atoms with Crippen molar-refractivity contribution in [3.8, 4) is 0 Å². The van der Waals surface area contributed by atoms with E-state index in [1.54, 1.807) is 0 Å². The molecule has 0 aliphatic carbocycles. The van der Waals surface area contributed by atoms with Gasteiger partial charge in [-0.2, -0.15) is 4.31 Å². The first-order valence-corrected chi connectivity index (χ1v) is 6.62. The lowest BCUT2D eigenvalue weighted by Crippen LogP contribution is -2.35. The van der Waals surface area contributed by atoms with E-state index in [1.165, 1.54) is 16.7 Å². The van der Waals surface area contributed by atoms with Crippen molar-refractivity contribution in [3.05, 3.63) is 12.4 Å². The van der Waals surface area contributed by atoms with Crippen molar-refractivity contribution in [1.82, 2.24) is 14.3 Å². The summed E-state index contributed by atoms with van der Waals surface area (Å²) in [6.45, 7) is 1.15. The van der Waals surface area contributed by atoms with Crippen molar-refractivity contribution in [3.63, 3.8) is 0 Å². The summed E-state index contributed by atoms with van der Waals surface area (Å²) in [5.74, 6) is 0.0811. The third-order valence-corrected chi connectivity index (χ3v) is 4.45. The second-order valence-corrected chi connectivity index (χ2v) is 5.68. The lowest BCUT2D eigenvalue weighted by Gasteiger charge is -2.25. The molecule has 16 heavy (non-hydrogen) atoms. The second kappa shape index (κ2) is 4.34. The van der Waals surface area contributed by atoms with Crippen LogP contribution in [-0.4, -0.2) is 35.8 Å². The molecule has 1 fully saturated rings. The Hall–Kier alpha value is -1.21. The van der Waals surface area contributed by atoms with Gasteiger partial charge >= 0.3 is 0 Å². The van der Waals surface area contributed by atoms with E-state index in [4.69, 9.17) is 5.73 Å². The van der Waals surface area contributed by atoms with Crippen LogP contribution < -0.4 is 5.73 Å². The first-order chi connectivity index (χ1) is 7.60. The minimum Gasteiger partial charge on any atom is -0.368 e. The SMILES string of the molecule is Nc1ncc(S(=O)(=O)N2CCCCC2)cn1. The maximum atomic E-state index is 12.1. The average molecular weight is 242 g/mol. The van der Waals surface area contributed by atoms with Crippen LogP contribution in [0.3, 0.4) is 0 Å². The quantitative estimate of drug-likeness (QED) is 0.802. The molecule has 1 aliphatic heterocycles. The minimum atomic E-state index is -3.43. The molecule has 2 rings (SSSR count). The Morgan fingerprint density at radius 2 is 1.69 bits per heavy atom. The molecule has 7 heteroatoms. The van der Waals surface area contributed by atoms with Gasteiger partial charge < -0.3 is 5.73 Å². The van der Waals surface area contributed by atoms with E-state index in [9.17, 15) is 8.42 Å². The van der Waals surface area contributed by atoms with Crippen molar-refractivity contribution in [1.29, 1.82) is 0 Å². The second-order valence-electron chi connectivity index (χ2n) is 3.74. The Balaban J connectivity index is 2.27. The number of nitrogens with zero attached hydrogens (tertiary/aromatic N) is 3. The molecule has 0 unspecified atom stereocenters. The van der Waals surface area contributed by atoms with Crippen LogP contribution in [-0.2, 0) is 10.0 Å². The lowest BCUT2D eigenvalue weighted by molar-refractivity contribution is 0.346. The molecule has 1 aliphatic rings. The average Bonchev–Trinajstić information content (AvgIpc) is 2.31. The van der Waals surface area contributed by atoms with E-state index in [2.05, 4.69) is 9.97 Å². The Labute approximate surface area is 94.6 Å². The fraction of sp³-hybridized carbons (Fsp3) is 0.556. The van der Waals surface area contributed by atoms with E-state index in [-0.39, 0.29) is 10.8 Å². The number of nitrogen functional groups attached to an aromatic ring is 1. The van der Waals surface area contributed by atoms with Gasteiger partial charge in [0, 0.05) is 13.1 Å². The van der Waals surface area contributed by atoms with E-state index >= 15 is 0 Å². The first kappa shape index (κ1) is 11.3. The maximum Gasteiger partial charge on any atom is 0.246 e. The molecule has 1 aromatic rings. The standard InChI is InChI=1S/C9H14N4O2S/c10-9-11-6-8(7-12-9)16(14,15)13-4-2-1-3-5-13/h6-7H,1-5H2,(H2,10,11,12). The van der Waals surface area contributed by atoms with Crippen molar-refractivity contribution < 1.29 is 8.42 Å². The Kier molecular flexibility index (Phi) is 3.06. The monoisotopic (exact) mass is 242 g/mol. The number of anilines is 1. The molecule has 2 heterocycles. The molecule has 0 atom stereocenters. The van der Waals surface area contributed by atoms with Crippen LogP contribution in [0.25, 0.3) is 0 Å². The Morgan fingerprint density at radius 3 is 2.25 bits per heavy atom. The molecular weight excluding hydrogens is 228 g/mol. The summed E-state index contributed by atoms with van der Waals surface area (Å²) in [5.41, 5.74) is 5.32. The first-order valence-electron chi connectivity index (χ1n) is 5.18. The van der Waals surface area contributed by atoms with Gasteiger partial charge in [0.1, 0.15) is 4.90 Å². The molecule has 1 saturated heterocycles. The maximum absolute atomic E-state index is 12.1. The van der Waals surface area contributed by atoms with Crippen LogP contribution >= 0.6 is 0 Å². The Morgan fingerprint density at radius 1 is 1.12 bits per heavy atom. The van der Waals surface area contributed by atoms with Gasteiger partial charge in [-0.1, -0.05) is 6.42 Å². The third-order valence-electron chi connectivity index (χ3n) is 2.60. The van der Waals surface area contributed by atoms with Gasteiger partial charge in [0.15, 0.2) is 0 Å². The number of hydrogen-bond acceptors (Lipinski definition) is 5. The fourth-order valence-electron chi connectivity index (χ4n) is 1.71. The molecule has 0 radical (unpaired) electrons. The van der Waals surface area contributed by atoms with Crippen molar-refractivity contribution in [2.75, 3.05) is 18.8 Å². The van der Waals surface area contributed by atoms with Gasteiger partial charge in [-0.25, -0.2) is 18.4 Å². The van der Waals surface area contributed by atoms with E-state index < -0.39 is 10.0 Å². The van der Waals surface area contributed by atoms with Gasteiger partial charge in [-0.3, -0.25) is 0 Å². The lowest BCUT2D eigenvalue weighted by atomic mass is 10.2. The molecule has 0 aromatic carbocycles. The zero-order chi connectivity index (χ0) is 11.6. The summed E-state index contributed by atoms with van der Waals surface area (Å²) >= 11 is 0. The summed E-state index contributed by atoms with van der Waals surface area (Å²) in [6.07, 6.45) is 5.42. The molecule has 1 aromatic heterocycles. The van der Waals surface area contributed by atoms with Crippen molar-refractivity contribution in [2.24, 2.45) is 0 Å². The van der Waals surface area contributed by atoms with Gasteiger partial charge in [0.25, 0.3) is 0 Å². The predicted molar refractivity (Wildman–Crippen MR) is 59.1 cm³/mol. The number of aromatic nitrogens is 2. The van der Waals surface area contributed by atoms with Crippen LogP contribution in [0.15, 0.2) is 17.3 Å². The number of nitrogens with two attached hydrogens (primary N) is 1. The van der Waals surface area contributed by atoms with E-state index in [1.807, 2.05) is 0 Å². The van der Waals surface area contributed by atoms with Crippen molar-refractivity contribution in [2.45, 2.75) is 24.2 Å². The summed E-state index contributed by atoms with van der Waals surface area (Å²) in [7, 11) is -3.43. The van der Waals surface area contributed by atoms with Gasteiger partial charge in [-0.15, -0.1) is 0 Å². The summed E-state index contributed by atoms with van der Waals surface area (Å²) in [5, 5.41) is 0. The molecule has 0 saturated carbocycles. The summed E-state index contributed by atoms with van der Waals surface area (Å²) < 4.78 is 25.7. The number of sulfonamides is 1. The molecule has 88 valence electrons. The highest BCUT2D eigenvalue weighted by atomic mass is 32.2. The number of hydrogen-bond donors (Lipinski definition) is 1. The number of rotatable bonds is 2. The molecule has 0 bridgehead atoms. The van der Waals surface area contributed by atoms with E-state index in [0.717, 1.165) is 19.3 Å². The number of piperidine rings is 1. The van der Waals surface area contributed by atoms with Crippen LogP contribution in [0.4, 0.5) is 5.95 Å². The van der Waals surface area contributed by atoms with Gasteiger partial charge in [-0.05, 0) is 12.8 Å². The zero-order valence-electron chi connectivity index (χ0n) is 8.83. The molecule has 2 N–H and O–H groups in total. The topological polar surface area (TPSA) is 89.2 Å². The largest absolute Gasteiger partial charge is 0.368 e. The normalized spacial score (nSPS) is 18.5. The molecule has 0 amide bonds. The van der Waals surface area contributed by atoms with Crippen LogP contribution in [0.5, 0.6) is 0 Å². The predicted octanol–water partition coefficient (Wildman–Crippen LogP) is 0.233. The fourth-order valence-corrected chi connectivity index (χ4v) is 3.12.